The van der Waals surface area contributed by atoms with Gasteiger partial charge in [-0.05, 0) is 67.2 Å². The average molecular weight is 426 g/mol. The summed E-state index contributed by atoms with van der Waals surface area (Å²) in [6.07, 6.45) is 8.13. The van der Waals surface area contributed by atoms with Crippen LogP contribution in [0.5, 0.6) is 0 Å². The zero-order valence-corrected chi connectivity index (χ0v) is 18.9. The number of aromatic nitrogens is 1. The van der Waals surface area contributed by atoms with Crippen LogP contribution >= 0.6 is 11.3 Å². The minimum Gasteiger partial charge on any atom is -0.338 e. The van der Waals surface area contributed by atoms with E-state index in [1.165, 1.54) is 16.9 Å². The summed E-state index contributed by atoms with van der Waals surface area (Å²) in [6.45, 7) is 8.22. The second-order valence-corrected chi connectivity index (χ2v) is 10.8. The molecule has 1 atom stereocenters. The van der Waals surface area contributed by atoms with E-state index in [-0.39, 0.29) is 17.7 Å². The number of carbonyl (C=O) groups excluding carboxylic acids is 2. The van der Waals surface area contributed by atoms with E-state index < -0.39 is 0 Å². The standard InChI is InChI=1S/C24H31N3O2S/c1-24(2,3)18-6-7-20-17(13-18)14-21(30-20)23(29)27-11-8-16(9-12-27)22(28)26-19-5-4-10-25-15-19/h4-5,10,14-16,18H,6-9,11-13H2,1-3H3,(H,26,28)/t18-/m1/s1. The van der Waals surface area contributed by atoms with Gasteiger partial charge in [-0.1, -0.05) is 20.8 Å². The molecule has 2 aromatic heterocycles. The SMILES string of the molecule is CC(C)(C)[C@@H]1CCc2sc(C(=O)N3CCC(C(=O)Nc4cccnc4)CC3)cc2C1. The molecular formula is C24H31N3O2S. The molecule has 3 heterocycles. The Morgan fingerprint density at radius 2 is 1.97 bits per heavy atom. The van der Waals surface area contributed by atoms with Crippen LogP contribution in [0.2, 0.25) is 0 Å². The molecule has 1 aliphatic carbocycles. The predicted molar refractivity (Wildman–Crippen MR) is 121 cm³/mol. The number of piperidine rings is 1. The molecule has 2 aliphatic rings. The predicted octanol–water partition coefficient (Wildman–Crippen LogP) is 4.79. The molecule has 160 valence electrons. The highest BCUT2D eigenvalue weighted by Crippen LogP contribution is 2.40. The number of hydrogen-bond acceptors (Lipinski definition) is 4. The maximum absolute atomic E-state index is 13.1. The summed E-state index contributed by atoms with van der Waals surface area (Å²) in [5.74, 6) is 0.776. The third-order valence-electron chi connectivity index (χ3n) is 6.60. The van der Waals surface area contributed by atoms with Crippen molar-refractivity contribution < 1.29 is 9.59 Å². The molecule has 2 aromatic rings. The summed E-state index contributed by atoms with van der Waals surface area (Å²) >= 11 is 1.68. The number of pyridine rings is 1. The summed E-state index contributed by atoms with van der Waals surface area (Å²) < 4.78 is 0. The van der Waals surface area contributed by atoms with Gasteiger partial charge in [-0.15, -0.1) is 11.3 Å². The van der Waals surface area contributed by atoms with Gasteiger partial charge in [0.05, 0.1) is 16.8 Å². The van der Waals surface area contributed by atoms with E-state index in [2.05, 4.69) is 37.1 Å². The number of aryl methyl sites for hydroxylation is 1. The number of carbonyl (C=O) groups is 2. The highest BCUT2D eigenvalue weighted by Gasteiger charge is 2.32. The number of amides is 2. The van der Waals surface area contributed by atoms with E-state index in [9.17, 15) is 9.59 Å². The largest absolute Gasteiger partial charge is 0.338 e. The zero-order chi connectivity index (χ0) is 21.3. The maximum atomic E-state index is 13.1. The van der Waals surface area contributed by atoms with Gasteiger partial charge in [-0.2, -0.15) is 0 Å². The van der Waals surface area contributed by atoms with Gasteiger partial charge in [0.15, 0.2) is 0 Å². The van der Waals surface area contributed by atoms with E-state index in [0.717, 1.165) is 23.4 Å². The van der Waals surface area contributed by atoms with Crippen LogP contribution in [0.4, 0.5) is 5.69 Å². The Kier molecular flexibility index (Phi) is 5.96. The lowest BCUT2D eigenvalue weighted by Gasteiger charge is -2.33. The molecule has 0 saturated carbocycles. The number of thiophene rings is 1. The van der Waals surface area contributed by atoms with E-state index in [1.54, 1.807) is 29.8 Å². The van der Waals surface area contributed by atoms with Crippen molar-refractivity contribution in [3.8, 4) is 0 Å². The fraction of sp³-hybridized carbons (Fsp3) is 0.542. The Hall–Kier alpha value is -2.21. The minimum absolute atomic E-state index is 0.0231. The van der Waals surface area contributed by atoms with Crippen molar-refractivity contribution in [2.75, 3.05) is 18.4 Å². The summed E-state index contributed by atoms with van der Waals surface area (Å²) in [6, 6.07) is 5.79. The Labute approximate surface area is 182 Å². The van der Waals surface area contributed by atoms with Crippen LogP contribution in [-0.4, -0.2) is 34.8 Å². The van der Waals surface area contributed by atoms with Gasteiger partial charge in [0, 0.05) is 30.1 Å². The smallest absolute Gasteiger partial charge is 0.263 e. The summed E-state index contributed by atoms with van der Waals surface area (Å²) in [7, 11) is 0. The fourth-order valence-electron chi connectivity index (χ4n) is 4.55. The average Bonchev–Trinajstić information content (AvgIpc) is 3.17. The molecule has 1 N–H and O–H groups in total. The molecular weight excluding hydrogens is 394 g/mol. The quantitative estimate of drug-likeness (QED) is 0.769. The molecule has 1 aliphatic heterocycles. The van der Waals surface area contributed by atoms with Crippen molar-refractivity contribution in [1.29, 1.82) is 0 Å². The topological polar surface area (TPSA) is 62.3 Å². The Balaban J connectivity index is 1.34. The summed E-state index contributed by atoms with van der Waals surface area (Å²) in [5.41, 5.74) is 2.40. The fourth-order valence-corrected chi connectivity index (χ4v) is 5.73. The van der Waals surface area contributed by atoms with Crippen LogP contribution in [-0.2, 0) is 17.6 Å². The van der Waals surface area contributed by atoms with Gasteiger partial charge in [0.25, 0.3) is 5.91 Å². The molecule has 2 amide bonds. The second kappa shape index (κ2) is 8.50. The van der Waals surface area contributed by atoms with Crippen LogP contribution in [0.25, 0.3) is 0 Å². The molecule has 0 radical (unpaired) electrons. The molecule has 0 spiro atoms. The number of fused-ring (bicyclic) bond motifs is 1. The van der Waals surface area contributed by atoms with E-state index in [0.29, 0.717) is 37.3 Å². The van der Waals surface area contributed by atoms with Gasteiger partial charge in [0.1, 0.15) is 0 Å². The molecule has 4 rings (SSSR count). The van der Waals surface area contributed by atoms with E-state index in [4.69, 9.17) is 0 Å². The van der Waals surface area contributed by atoms with Crippen LogP contribution < -0.4 is 5.32 Å². The third-order valence-corrected chi connectivity index (χ3v) is 7.83. The Bertz CT molecular complexity index is 908. The van der Waals surface area contributed by atoms with Crippen LogP contribution in [0.3, 0.4) is 0 Å². The number of anilines is 1. The third kappa shape index (κ3) is 4.59. The first-order valence-electron chi connectivity index (χ1n) is 10.9. The number of rotatable bonds is 3. The highest BCUT2D eigenvalue weighted by atomic mass is 32.1. The van der Waals surface area contributed by atoms with Crippen LogP contribution in [0, 0.1) is 17.3 Å². The molecule has 0 unspecified atom stereocenters. The Morgan fingerprint density at radius 3 is 2.63 bits per heavy atom. The number of nitrogens with zero attached hydrogens (tertiary/aromatic N) is 2. The van der Waals surface area contributed by atoms with Crippen molar-refractivity contribution in [3.63, 3.8) is 0 Å². The van der Waals surface area contributed by atoms with Gasteiger partial charge in [-0.25, -0.2) is 0 Å². The Morgan fingerprint density at radius 1 is 1.20 bits per heavy atom. The lowest BCUT2D eigenvalue weighted by molar-refractivity contribution is -0.121. The van der Waals surface area contributed by atoms with Crippen molar-refractivity contribution >= 4 is 28.8 Å². The van der Waals surface area contributed by atoms with Crippen molar-refractivity contribution in [2.45, 2.75) is 52.9 Å². The lowest BCUT2D eigenvalue weighted by atomic mass is 9.72. The lowest BCUT2D eigenvalue weighted by Crippen LogP contribution is -2.41. The number of nitrogens with one attached hydrogen (secondary N) is 1. The molecule has 5 nitrogen and oxygen atoms in total. The minimum atomic E-state index is -0.0571. The van der Waals surface area contributed by atoms with Gasteiger partial charge >= 0.3 is 0 Å². The van der Waals surface area contributed by atoms with Gasteiger partial charge < -0.3 is 10.2 Å². The van der Waals surface area contributed by atoms with Crippen molar-refractivity contribution in [3.05, 3.63) is 45.9 Å². The second-order valence-electron chi connectivity index (χ2n) is 9.66. The van der Waals surface area contributed by atoms with Crippen LogP contribution in [0.15, 0.2) is 30.6 Å². The van der Waals surface area contributed by atoms with E-state index >= 15 is 0 Å². The molecule has 0 bridgehead atoms. The van der Waals surface area contributed by atoms with Gasteiger partial charge in [-0.3, -0.25) is 14.6 Å². The van der Waals surface area contributed by atoms with E-state index in [1.807, 2.05) is 11.0 Å². The molecule has 0 aromatic carbocycles. The first-order valence-corrected chi connectivity index (χ1v) is 11.7. The zero-order valence-electron chi connectivity index (χ0n) is 18.1. The molecule has 6 heteroatoms. The first-order chi connectivity index (χ1) is 14.3. The number of hydrogen-bond donors (Lipinski definition) is 1. The first kappa shape index (κ1) is 21.0. The van der Waals surface area contributed by atoms with Gasteiger partial charge in [0.2, 0.25) is 5.91 Å². The summed E-state index contributed by atoms with van der Waals surface area (Å²) in [5, 5.41) is 2.93. The molecule has 1 saturated heterocycles. The molecule has 30 heavy (non-hydrogen) atoms. The highest BCUT2D eigenvalue weighted by molar-refractivity contribution is 7.14. The summed E-state index contributed by atoms with van der Waals surface area (Å²) in [4.78, 5) is 33.8. The number of likely N-dealkylation sites (tertiary alicyclic amines) is 1. The van der Waals surface area contributed by atoms with Crippen molar-refractivity contribution in [2.24, 2.45) is 17.3 Å². The molecule has 1 fully saturated rings. The van der Waals surface area contributed by atoms with Crippen LogP contribution in [0.1, 0.15) is 60.1 Å². The normalized spacial score (nSPS) is 20.0. The monoisotopic (exact) mass is 425 g/mol. The maximum Gasteiger partial charge on any atom is 0.263 e. The van der Waals surface area contributed by atoms with Crippen molar-refractivity contribution in [1.82, 2.24) is 9.88 Å².